The van der Waals surface area contributed by atoms with Gasteiger partial charge in [0.05, 0.1) is 22.0 Å². The van der Waals surface area contributed by atoms with Gasteiger partial charge in [0.25, 0.3) is 5.95 Å². The molecule has 0 aliphatic rings. The van der Waals surface area contributed by atoms with Crippen LogP contribution >= 0.6 is 0 Å². The Morgan fingerprint density at radius 2 is 1.47 bits per heavy atom. The van der Waals surface area contributed by atoms with Crippen molar-refractivity contribution in [2.75, 3.05) is 13.2 Å². The van der Waals surface area contributed by atoms with Crippen molar-refractivity contribution in [2.45, 2.75) is 60.6 Å². The van der Waals surface area contributed by atoms with E-state index in [1.807, 2.05) is 13.8 Å². The zero-order valence-corrected chi connectivity index (χ0v) is 13.9. The number of ether oxygens (including phenoxy) is 2. The van der Waals surface area contributed by atoms with Crippen molar-refractivity contribution < 1.29 is 9.47 Å². The van der Waals surface area contributed by atoms with Gasteiger partial charge in [-0.05, 0) is 37.3 Å². The predicted molar refractivity (Wildman–Crippen MR) is 77.8 cm³/mol. The third kappa shape index (κ3) is 7.48. The Kier molecular flexibility index (Phi) is 7.60. The minimum atomic E-state index is -0.866. The first-order chi connectivity index (χ1) is 7.81. The number of rotatable bonds is 7. The second-order valence-corrected chi connectivity index (χ2v) is 8.90. The van der Waals surface area contributed by atoms with Gasteiger partial charge in [-0.1, -0.05) is 33.9 Å². The Morgan fingerprint density at radius 1 is 1.00 bits per heavy atom. The largest absolute Gasteiger partial charge is 0.466 e. The van der Waals surface area contributed by atoms with Gasteiger partial charge >= 0.3 is 0 Å². The predicted octanol–water partition coefficient (Wildman–Crippen LogP) is 4.12. The molecule has 3 heteroatoms. The summed E-state index contributed by atoms with van der Waals surface area (Å²) in [6, 6.07) is 0. The zero-order chi connectivity index (χ0) is 13.5. The van der Waals surface area contributed by atoms with Crippen LogP contribution in [-0.4, -0.2) is 22.0 Å². The zero-order valence-electron chi connectivity index (χ0n) is 12.7. The molecule has 0 aromatic carbocycles. The maximum absolute atomic E-state index is 5.66. The summed E-state index contributed by atoms with van der Waals surface area (Å²) in [4.78, 5) is 0. The van der Waals surface area contributed by atoms with Crippen LogP contribution in [-0.2, 0) is 9.47 Å². The molecule has 0 amide bonds. The Bertz CT molecular complexity index is 231. The molecule has 0 spiro atoms. The molecule has 0 aliphatic heterocycles. The normalized spacial score (nSPS) is 11.5. The third-order valence-corrected chi connectivity index (χ3v) is 4.57. The minimum Gasteiger partial charge on any atom is -0.466 e. The van der Waals surface area contributed by atoms with Crippen LogP contribution in [0.15, 0.2) is 11.1 Å². The fourth-order valence-corrected chi connectivity index (χ4v) is 2.99. The summed E-state index contributed by atoms with van der Waals surface area (Å²) in [7, 11) is -0.866. The number of allylic oxidation sites excluding steroid dienone is 1. The van der Waals surface area contributed by atoms with Gasteiger partial charge < -0.3 is 9.47 Å². The molecule has 17 heavy (non-hydrogen) atoms. The molecule has 0 fully saturated rings. The van der Waals surface area contributed by atoms with Crippen LogP contribution in [0.1, 0.15) is 47.5 Å². The molecule has 0 heterocycles. The molecule has 0 bridgehead atoms. The first-order valence-electron chi connectivity index (χ1n) is 6.80. The smallest absolute Gasteiger partial charge is 0.273 e. The van der Waals surface area contributed by atoms with E-state index in [9.17, 15) is 0 Å². The molecule has 0 unspecified atom stereocenters. The van der Waals surface area contributed by atoms with E-state index in [0.29, 0.717) is 18.6 Å². The van der Waals surface area contributed by atoms with Crippen LogP contribution in [0.3, 0.4) is 0 Å². The second kappa shape index (κ2) is 7.80. The first kappa shape index (κ1) is 16.6. The second-order valence-electron chi connectivity index (χ2n) is 5.89. The van der Waals surface area contributed by atoms with Crippen LogP contribution < -0.4 is 0 Å². The summed E-state index contributed by atoms with van der Waals surface area (Å²) < 4.78 is 11.3. The number of hydrogen-bond donors (Lipinski definition) is 0. The van der Waals surface area contributed by atoms with E-state index in [-0.39, 0.29) is 0 Å². The topological polar surface area (TPSA) is 18.5 Å². The fraction of sp³-hybridized carbons (Fsp3) is 0.857. The van der Waals surface area contributed by atoms with Crippen LogP contribution in [0.4, 0.5) is 0 Å². The molecule has 0 N–H and O–H groups in total. The van der Waals surface area contributed by atoms with Crippen molar-refractivity contribution in [3.05, 3.63) is 11.1 Å². The van der Waals surface area contributed by atoms with Crippen molar-refractivity contribution in [1.82, 2.24) is 0 Å². The van der Waals surface area contributed by atoms with Gasteiger partial charge in [-0.25, -0.2) is 0 Å². The number of hydrogen-bond acceptors (Lipinski definition) is 2. The summed E-state index contributed by atoms with van der Waals surface area (Å²) in [6.45, 7) is 17.0. The summed E-state index contributed by atoms with van der Waals surface area (Å²) in [6.07, 6.45) is 2.31. The minimum absolute atomic E-state index is 0.373. The fourth-order valence-electron chi connectivity index (χ4n) is 1.63. The maximum Gasteiger partial charge on any atom is 0.273 e. The molecule has 0 aliphatic carbocycles. The first-order valence-corrected chi connectivity index (χ1v) is 9.69. The van der Waals surface area contributed by atoms with Crippen molar-refractivity contribution in [3.63, 3.8) is 0 Å². The molecule has 0 radical (unpaired) electrons. The molecule has 0 saturated carbocycles. The van der Waals surface area contributed by atoms with E-state index < -0.39 is 8.80 Å². The van der Waals surface area contributed by atoms with Crippen LogP contribution in [0.2, 0.25) is 13.1 Å². The van der Waals surface area contributed by atoms with Crippen LogP contribution in [0, 0.1) is 5.41 Å². The van der Waals surface area contributed by atoms with Crippen molar-refractivity contribution in [2.24, 2.45) is 5.41 Å². The summed E-state index contributed by atoms with van der Waals surface area (Å²) in [5.74, 6) is 0.820. The molecule has 0 aromatic rings. The summed E-state index contributed by atoms with van der Waals surface area (Å²) >= 11 is 0. The lowest BCUT2D eigenvalue weighted by atomic mass is 9.90. The highest BCUT2D eigenvalue weighted by Gasteiger charge is 2.18. The van der Waals surface area contributed by atoms with E-state index >= 15 is 0 Å². The average molecular weight is 258 g/mol. The summed E-state index contributed by atoms with van der Waals surface area (Å²) in [5.41, 5.74) is 0.373. The third-order valence-electron chi connectivity index (χ3n) is 2.65. The van der Waals surface area contributed by atoms with Crippen molar-refractivity contribution in [1.29, 1.82) is 0 Å². The van der Waals surface area contributed by atoms with Gasteiger partial charge in [-0.15, -0.1) is 0 Å². The van der Waals surface area contributed by atoms with Gasteiger partial charge in [-0.3, -0.25) is 0 Å². The van der Waals surface area contributed by atoms with E-state index in [0.717, 1.165) is 12.4 Å². The van der Waals surface area contributed by atoms with E-state index in [4.69, 9.17) is 9.47 Å². The van der Waals surface area contributed by atoms with Crippen LogP contribution in [0.5, 0.6) is 0 Å². The van der Waals surface area contributed by atoms with Gasteiger partial charge in [0.2, 0.25) is 0 Å². The summed E-state index contributed by atoms with van der Waals surface area (Å²) in [5, 5.41) is 1.45. The van der Waals surface area contributed by atoms with E-state index in [1.165, 1.54) is 11.6 Å². The Labute approximate surface area is 109 Å². The van der Waals surface area contributed by atoms with Gasteiger partial charge in [-0.2, -0.15) is 0 Å². The molecule has 2 nitrogen and oxygen atoms in total. The molecule has 102 valence electrons. The van der Waals surface area contributed by atoms with Gasteiger partial charge in [0, 0.05) is 0 Å². The van der Waals surface area contributed by atoms with Crippen molar-refractivity contribution >= 4 is 8.80 Å². The van der Waals surface area contributed by atoms with E-state index in [1.54, 1.807) is 0 Å². The van der Waals surface area contributed by atoms with Crippen LogP contribution in [0.25, 0.3) is 0 Å². The van der Waals surface area contributed by atoms with Gasteiger partial charge in [0.15, 0.2) is 0 Å². The molecule has 0 atom stereocenters. The Morgan fingerprint density at radius 3 is 1.76 bits per heavy atom. The molecule has 0 saturated heterocycles. The highest BCUT2D eigenvalue weighted by Crippen LogP contribution is 2.26. The van der Waals surface area contributed by atoms with E-state index in [2.05, 4.69) is 33.9 Å². The lowest BCUT2D eigenvalue weighted by Gasteiger charge is -2.22. The van der Waals surface area contributed by atoms with Crippen molar-refractivity contribution in [3.8, 4) is 0 Å². The monoisotopic (exact) mass is 258 g/mol. The Hall–Kier alpha value is -0.443. The average Bonchev–Trinajstić information content (AvgIpc) is 2.16. The standard InChI is InChI=1S/C14H30O2Si/c1-8-15-13(16-9-2)12(17(6)7)10-11-14(3,4)5/h17H,8-11H2,1-7H3. The highest BCUT2D eigenvalue weighted by molar-refractivity contribution is 6.64. The molecule has 0 aromatic heterocycles. The lowest BCUT2D eigenvalue weighted by Crippen LogP contribution is -2.16. The highest BCUT2D eigenvalue weighted by atomic mass is 28.3. The molecular formula is C14H30O2Si. The maximum atomic E-state index is 5.66. The molecular weight excluding hydrogens is 228 g/mol. The quantitative estimate of drug-likeness (QED) is 0.505. The SMILES string of the molecule is CCOC(OCC)=C(CCC(C)(C)C)[SiH](C)C. The Balaban J connectivity index is 4.80. The lowest BCUT2D eigenvalue weighted by molar-refractivity contribution is 0.0435. The van der Waals surface area contributed by atoms with Gasteiger partial charge in [0.1, 0.15) is 0 Å². The molecule has 0 rings (SSSR count).